The minimum atomic E-state index is -1.01. The maximum atomic E-state index is 13.4. The number of aryl methyl sites for hydroxylation is 3. The van der Waals surface area contributed by atoms with E-state index in [1.807, 2.05) is 55.0 Å². The molecule has 306 valence electrons. The van der Waals surface area contributed by atoms with Gasteiger partial charge in [-0.15, -0.1) is 0 Å². The number of carbonyl (C=O) groups excluding carboxylic acids is 4. The van der Waals surface area contributed by atoms with Crippen molar-refractivity contribution < 1.29 is 33.4 Å². The first kappa shape index (κ1) is 38.8. The first-order valence-electron chi connectivity index (χ1n) is 20.4. The molecule has 3 aliphatic rings. The summed E-state index contributed by atoms with van der Waals surface area (Å²) in [6.07, 6.45) is 11.3. The van der Waals surface area contributed by atoms with Gasteiger partial charge in [0.05, 0.1) is 17.8 Å². The molecule has 1 unspecified atom stereocenters. The Morgan fingerprint density at radius 2 is 1.72 bits per heavy atom. The first-order valence-corrected chi connectivity index (χ1v) is 20.4. The maximum absolute atomic E-state index is 13.4. The number of ether oxygens (including phenoxy) is 3. The number of aromatic nitrogens is 4. The van der Waals surface area contributed by atoms with E-state index in [0.717, 1.165) is 75.3 Å². The molecular formula is C46H45N7O7. The molecule has 3 fully saturated rings. The van der Waals surface area contributed by atoms with Gasteiger partial charge >= 0.3 is 0 Å². The van der Waals surface area contributed by atoms with Crippen LogP contribution in [-0.2, 0) is 32.6 Å². The third-order valence-electron chi connectivity index (χ3n) is 11.8. The molecule has 0 spiro atoms. The molecule has 2 aromatic carbocycles. The summed E-state index contributed by atoms with van der Waals surface area (Å²) in [6.45, 7) is 3.72. The smallest absolute Gasteiger partial charge is 0.261 e. The summed E-state index contributed by atoms with van der Waals surface area (Å²) in [6, 6.07) is 20.9. The number of rotatable bonds is 14. The Hall–Kier alpha value is -6.67. The lowest BCUT2D eigenvalue weighted by Crippen LogP contribution is -2.54. The third kappa shape index (κ3) is 7.90. The maximum Gasteiger partial charge on any atom is 0.261 e. The average molecular weight is 808 g/mol. The fraction of sp³-hybridized carbons (Fsp3) is 0.326. The van der Waals surface area contributed by atoms with Gasteiger partial charge in [0.15, 0.2) is 0 Å². The second-order valence-corrected chi connectivity index (χ2v) is 15.8. The van der Waals surface area contributed by atoms with Gasteiger partial charge in [0.1, 0.15) is 24.0 Å². The SMILES string of the molecule is Cc1ccc(N2CC(OCCCc3ccc(OC4CC(Oc5ccc(-c6ccc7c8cnccc8n(C)c7c6)cn5)C4)cn3)C2)cc1C(=O)N(C=O)C1CCC(=O)NC1=O. The summed E-state index contributed by atoms with van der Waals surface area (Å²) in [5.74, 6) is -0.269. The van der Waals surface area contributed by atoms with Crippen molar-refractivity contribution >= 4 is 51.6 Å². The number of hydrogen-bond donors (Lipinski definition) is 1. The number of imide groups is 2. The van der Waals surface area contributed by atoms with Gasteiger partial charge in [0, 0.05) is 109 Å². The monoisotopic (exact) mass is 807 g/mol. The molecule has 6 heterocycles. The molecule has 1 atom stereocenters. The molecule has 2 aliphatic heterocycles. The van der Waals surface area contributed by atoms with Crippen LogP contribution in [0.25, 0.3) is 32.9 Å². The molecule has 1 N–H and O–H groups in total. The van der Waals surface area contributed by atoms with Crippen LogP contribution in [0.15, 0.2) is 91.5 Å². The number of anilines is 1. The highest BCUT2D eigenvalue weighted by molar-refractivity contribution is 6.09. The highest BCUT2D eigenvalue weighted by Gasteiger charge is 2.36. The van der Waals surface area contributed by atoms with Gasteiger partial charge in [-0.05, 0) is 79.8 Å². The van der Waals surface area contributed by atoms with Gasteiger partial charge in [0.25, 0.3) is 5.91 Å². The molecule has 0 bridgehead atoms. The van der Waals surface area contributed by atoms with Crippen molar-refractivity contribution in [1.29, 1.82) is 0 Å². The Balaban J connectivity index is 0.679. The van der Waals surface area contributed by atoms with E-state index in [4.69, 9.17) is 14.2 Å². The molecule has 1 saturated carbocycles. The number of pyridine rings is 3. The minimum absolute atomic E-state index is 0.0499. The number of fused-ring (bicyclic) bond motifs is 3. The zero-order valence-corrected chi connectivity index (χ0v) is 33.5. The van der Waals surface area contributed by atoms with Crippen molar-refractivity contribution in [2.45, 2.75) is 69.8 Å². The van der Waals surface area contributed by atoms with Gasteiger partial charge in [-0.3, -0.25) is 39.4 Å². The van der Waals surface area contributed by atoms with Gasteiger partial charge in [-0.1, -0.05) is 18.2 Å². The van der Waals surface area contributed by atoms with Crippen LogP contribution in [0.3, 0.4) is 0 Å². The summed E-state index contributed by atoms with van der Waals surface area (Å²) < 4.78 is 20.6. The molecule has 14 heteroatoms. The first-order chi connectivity index (χ1) is 29.2. The second kappa shape index (κ2) is 16.5. The van der Waals surface area contributed by atoms with Crippen LogP contribution >= 0.6 is 0 Å². The van der Waals surface area contributed by atoms with Crippen LogP contribution in [0.4, 0.5) is 5.69 Å². The van der Waals surface area contributed by atoms with E-state index in [1.165, 1.54) is 5.39 Å². The van der Waals surface area contributed by atoms with Gasteiger partial charge in [-0.2, -0.15) is 0 Å². The molecule has 14 nitrogen and oxygen atoms in total. The highest BCUT2D eigenvalue weighted by atomic mass is 16.5. The zero-order valence-electron chi connectivity index (χ0n) is 33.5. The Bertz CT molecular complexity index is 2580. The molecule has 2 saturated heterocycles. The van der Waals surface area contributed by atoms with E-state index in [9.17, 15) is 19.2 Å². The van der Waals surface area contributed by atoms with Crippen LogP contribution in [-0.4, -0.2) is 92.6 Å². The number of amides is 4. The van der Waals surface area contributed by atoms with E-state index in [2.05, 4.69) is 61.0 Å². The van der Waals surface area contributed by atoms with E-state index in [0.29, 0.717) is 43.1 Å². The number of nitrogens with one attached hydrogen (secondary N) is 1. The normalized spacial score (nSPS) is 19.1. The lowest BCUT2D eigenvalue weighted by molar-refractivity contribution is -0.139. The van der Waals surface area contributed by atoms with Crippen LogP contribution in [0.5, 0.6) is 11.6 Å². The van der Waals surface area contributed by atoms with Gasteiger partial charge in [-0.25, -0.2) is 4.98 Å². The lowest BCUT2D eigenvalue weighted by Gasteiger charge is -2.41. The average Bonchev–Trinajstić information content (AvgIpc) is 3.52. The minimum Gasteiger partial charge on any atom is -0.489 e. The summed E-state index contributed by atoms with van der Waals surface area (Å²) in [5, 5.41) is 4.54. The zero-order chi connectivity index (χ0) is 41.3. The molecule has 6 aromatic rings. The van der Waals surface area contributed by atoms with E-state index in [-0.39, 0.29) is 31.2 Å². The number of piperidine rings is 1. The largest absolute Gasteiger partial charge is 0.489 e. The Morgan fingerprint density at radius 1 is 0.883 bits per heavy atom. The molecule has 1 aliphatic carbocycles. The van der Waals surface area contributed by atoms with Crippen LogP contribution < -0.4 is 19.7 Å². The second-order valence-electron chi connectivity index (χ2n) is 15.8. The van der Waals surface area contributed by atoms with E-state index < -0.39 is 23.8 Å². The number of hydrogen-bond acceptors (Lipinski definition) is 11. The molecule has 4 aromatic heterocycles. The fourth-order valence-electron chi connectivity index (χ4n) is 8.20. The molecule has 9 rings (SSSR count). The van der Waals surface area contributed by atoms with Crippen LogP contribution in [0, 0.1) is 6.92 Å². The summed E-state index contributed by atoms with van der Waals surface area (Å²) in [5.41, 5.74) is 7.27. The van der Waals surface area contributed by atoms with Crippen molar-refractivity contribution in [3.63, 3.8) is 0 Å². The van der Waals surface area contributed by atoms with Crippen molar-refractivity contribution in [3.05, 3.63) is 108 Å². The summed E-state index contributed by atoms with van der Waals surface area (Å²) in [4.78, 5) is 65.7. The Kier molecular flexibility index (Phi) is 10.7. The van der Waals surface area contributed by atoms with Crippen molar-refractivity contribution in [2.75, 3.05) is 24.6 Å². The van der Waals surface area contributed by atoms with Crippen molar-refractivity contribution in [2.24, 2.45) is 7.05 Å². The van der Waals surface area contributed by atoms with Crippen molar-refractivity contribution in [1.82, 2.24) is 29.7 Å². The topological polar surface area (TPSA) is 158 Å². The van der Waals surface area contributed by atoms with E-state index >= 15 is 0 Å². The van der Waals surface area contributed by atoms with Crippen LogP contribution in [0.1, 0.15) is 53.7 Å². The molecule has 60 heavy (non-hydrogen) atoms. The molecular weight excluding hydrogens is 763 g/mol. The van der Waals surface area contributed by atoms with Gasteiger partial charge in [0.2, 0.25) is 24.1 Å². The fourth-order valence-corrected chi connectivity index (χ4v) is 8.20. The Morgan fingerprint density at radius 3 is 2.48 bits per heavy atom. The third-order valence-corrected chi connectivity index (χ3v) is 11.8. The van der Waals surface area contributed by atoms with Crippen molar-refractivity contribution in [3.8, 4) is 22.8 Å². The molecule has 4 amide bonds. The quantitative estimate of drug-likeness (QED) is 0.0815. The summed E-state index contributed by atoms with van der Waals surface area (Å²) >= 11 is 0. The van der Waals surface area contributed by atoms with Crippen LogP contribution in [0.2, 0.25) is 0 Å². The van der Waals surface area contributed by atoms with Gasteiger partial charge < -0.3 is 23.7 Å². The standard InChI is InChI=1S/C46H45N7O7/c1-28-5-9-32(19-38(28)46(57)53(27-54)41-12-13-43(55)50-45(41)56)52-25-36(26-52)58-17-3-4-31-8-10-33(23-48-31)59-34-20-35(21-34)60-44-14-7-30(22-49-44)29-6-11-37-39-24-47-16-15-40(39)51(2)42(37)18-29/h5-11,14-16,18-19,22-24,27,34-36,41H,3-4,12-13,17,20-21,25-26H2,1-2H3,(H,50,55,56). The summed E-state index contributed by atoms with van der Waals surface area (Å²) in [7, 11) is 2.08. The number of nitrogens with zero attached hydrogens (tertiary/aromatic N) is 6. The Labute approximate surface area is 346 Å². The predicted octanol–water partition coefficient (Wildman–Crippen LogP) is 5.72. The van der Waals surface area contributed by atoms with E-state index in [1.54, 1.807) is 19.2 Å². The number of carbonyl (C=O) groups is 4. The number of benzene rings is 2. The lowest BCUT2D eigenvalue weighted by atomic mass is 9.92. The molecule has 0 radical (unpaired) electrons. The highest BCUT2D eigenvalue weighted by Crippen LogP contribution is 2.33. The predicted molar refractivity (Wildman–Crippen MR) is 224 cm³/mol.